The van der Waals surface area contributed by atoms with Gasteiger partial charge in [-0.15, -0.1) is 0 Å². The second-order valence-electron chi connectivity index (χ2n) is 6.40. The van der Waals surface area contributed by atoms with Crippen molar-refractivity contribution < 1.29 is 8.42 Å². The fourth-order valence-electron chi connectivity index (χ4n) is 3.46. The maximum atomic E-state index is 11.7. The van der Waals surface area contributed by atoms with Crippen molar-refractivity contribution in [2.24, 2.45) is 0 Å². The minimum atomic E-state index is -2.84. The molecule has 5 heteroatoms. The Bertz CT molecular complexity index is 629. The number of aryl methyl sites for hydroxylation is 1. The Morgan fingerprint density at radius 1 is 1.35 bits per heavy atom. The smallest absolute Gasteiger partial charge is 0.152 e. The average molecular weight is 358 g/mol. The lowest BCUT2D eigenvalue weighted by Crippen LogP contribution is -2.50. The molecule has 1 aromatic rings. The number of fused-ring (bicyclic) bond motifs is 1. The van der Waals surface area contributed by atoms with Crippen molar-refractivity contribution in [1.82, 2.24) is 5.32 Å². The van der Waals surface area contributed by atoms with Crippen LogP contribution in [0.5, 0.6) is 0 Å². The molecule has 0 bridgehead atoms. The van der Waals surface area contributed by atoms with Crippen molar-refractivity contribution in [2.45, 2.75) is 44.2 Å². The van der Waals surface area contributed by atoms with Gasteiger partial charge >= 0.3 is 0 Å². The second kappa shape index (κ2) is 5.11. The molecule has 1 N–H and O–H groups in total. The first kappa shape index (κ1) is 14.5. The molecule has 2 unspecified atom stereocenters. The zero-order valence-corrected chi connectivity index (χ0v) is 14.1. The third kappa shape index (κ3) is 3.10. The summed E-state index contributed by atoms with van der Waals surface area (Å²) >= 11 is 3.52. The Morgan fingerprint density at radius 2 is 2.15 bits per heavy atom. The highest BCUT2D eigenvalue weighted by atomic mass is 79.9. The van der Waals surface area contributed by atoms with Crippen LogP contribution in [0.4, 0.5) is 0 Å². The summed E-state index contributed by atoms with van der Waals surface area (Å²) in [6, 6.07) is 6.86. The largest absolute Gasteiger partial charge is 0.307 e. The van der Waals surface area contributed by atoms with Gasteiger partial charge in [-0.25, -0.2) is 8.42 Å². The summed E-state index contributed by atoms with van der Waals surface area (Å²) in [5.74, 6) is 0.608. The van der Waals surface area contributed by atoms with Gasteiger partial charge in [0.15, 0.2) is 9.84 Å². The zero-order chi connectivity index (χ0) is 14.4. The van der Waals surface area contributed by atoms with Gasteiger partial charge in [-0.05, 0) is 55.9 Å². The van der Waals surface area contributed by atoms with Gasteiger partial charge in [0.05, 0.1) is 11.5 Å². The van der Waals surface area contributed by atoms with E-state index in [0.717, 1.165) is 30.2 Å². The van der Waals surface area contributed by atoms with E-state index in [-0.39, 0.29) is 11.3 Å². The third-order valence-electron chi connectivity index (χ3n) is 4.45. The molecule has 1 aromatic carbocycles. The second-order valence-corrected chi connectivity index (χ2v) is 9.50. The molecule has 1 heterocycles. The number of nitrogens with one attached hydrogen (secondary N) is 1. The van der Waals surface area contributed by atoms with E-state index in [1.807, 2.05) is 0 Å². The summed E-state index contributed by atoms with van der Waals surface area (Å²) in [6.45, 7) is 2.05. The van der Waals surface area contributed by atoms with Crippen LogP contribution >= 0.6 is 15.9 Å². The number of halogens is 1. The fourth-order valence-corrected chi connectivity index (χ4v) is 5.98. The van der Waals surface area contributed by atoms with E-state index < -0.39 is 9.84 Å². The summed E-state index contributed by atoms with van der Waals surface area (Å²) in [6.07, 6.45) is 3.88. The van der Waals surface area contributed by atoms with Gasteiger partial charge in [-0.1, -0.05) is 22.0 Å². The molecule has 1 aliphatic carbocycles. The lowest BCUT2D eigenvalue weighted by atomic mass is 9.86. The first-order valence-corrected chi connectivity index (χ1v) is 9.72. The Labute approximate surface area is 129 Å². The van der Waals surface area contributed by atoms with Gasteiger partial charge < -0.3 is 5.32 Å². The highest BCUT2D eigenvalue weighted by Crippen LogP contribution is 2.28. The number of hydrogen-bond donors (Lipinski definition) is 1. The van der Waals surface area contributed by atoms with Crippen molar-refractivity contribution in [1.29, 1.82) is 0 Å². The molecule has 0 saturated carbocycles. The quantitative estimate of drug-likeness (QED) is 0.884. The van der Waals surface area contributed by atoms with Crippen molar-refractivity contribution in [2.75, 3.05) is 11.5 Å². The lowest BCUT2D eigenvalue weighted by molar-refractivity contribution is 0.319. The molecule has 2 atom stereocenters. The molecule has 1 saturated heterocycles. The summed E-state index contributed by atoms with van der Waals surface area (Å²) in [7, 11) is -2.84. The molecule has 3 nitrogen and oxygen atoms in total. The van der Waals surface area contributed by atoms with E-state index in [2.05, 4.69) is 46.4 Å². The van der Waals surface area contributed by atoms with E-state index in [4.69, 9.17) is 0 Å². The molecular weight excluding hydrogens is 338 g/mol. The maximum absolute atomic E-state index is 11.7. The lowest BCUT2D eigenvalue weighted by Gasteiger charge is -2.33. The van der Waals surface area contributed by atoms with Crippen LogP contribution in [0.25, 0.3) is 0 Å². The third-order valence-corrected chi connectivity index (χ3v) is 6.85. The Kier molecular flexibility index (Phi) is 3.72. The summed E-state index contributed by atoms with van der Waals surface area (Å²) in [5, 5.41) is 3.61. The number of sulfone groups is 1. The van der Waals surface area contributed by atoms with Crippen molar-refractivity contribution in [3.05, 3.63) is 33.8 Å². The number of benzene rings is 1. The fraction of sp³-hybridized carbons (Fsp3) is 0.600. The van der Waals surface area contributed by atoms with Crippen LogP contribution in [0.2, 0.25) is 0 Å². The molecule has 0 spiro atoms. The van der Waals surface area contributed by atoms with Gasteiger partial charge in [0.25, 0.3) is 0 Å². The van der Waals surface area contributed by atoms with E-state index in [0.29, 0.717) is 11.8 Å². The van der Waals surface area contributed by atoms with Crippen molar-refractivity contribution in [3.63, 3.8) is 0 Å². The van der Waals surface area contributed by atoms with Gasteiger partial charge in [-0.3, -0.25) is 0 Å². The predicted molar refractivity (Wildman–Crippen MR) is 84.8 cm³/mol. The van der Waals surface area contributed by atoms with Crippen molar-refractivity contribution in [3.8, 4) is 0 Å². The Morgan fingerprint density at radius 3 is 2.85 bits per heavy atom. The molecule has 0 radical (unpaired) electrons. The minimum Gasteiger partial charge on any atom is -0.307 e. The van der Waals surface area contributed by atoms with Crippen LogP contribution in [0.1, 0.15) is 30.9 Å². The normalized spacial score (nSPS) is 32.0. The number of hydrogen-bond acceptors (Lipinski definition) is 3. The van der Waals surface area contributed by atoms with Crippen LogP contribution in [0.3, 0.4) is 0 Å². The molecule has 1 fully saturated rings. The van der Waals surface area contributed by atoms with Crippen LogP contribution in [-0.2, 0) is 22.7 Å². The molecule has 1 aliphatic heterocycles. The molecule has 0 amide bonds. The van der Waals surface area contributed by atoms with Crippen molar-refractivity contribution >= 4 is 25.8 Å². The first-order valence-electron chi connectivity index (χ1n) is 7.11. The molecule has 2 aliphatic rings. The van der Waals surface area contributed by atoms with E-state index in [9.17, 15) is 8.42 Å². The van der Waals surface area contributed by atoms with Crippen LogP contribution in [0, 0.1) is 0 Å². The number of rotatable bonds is 2. The van der Waals surface area contributed by atoms with E-state index in [1.54, 1.807) is 0 Å². The molecular formula is C15H20BrNO2S. The zero-order valence-electron chi connectivity index (χ0n) is 11.7. The minimum absolute atomic E-state index is 0.240. The molecule has 20 heavy (non-hydrogen) atoms. The first-order chi connectivity index (χ1) is 9.35. The van der Waals surface area contributed by atoms with E-state index >= 15 is 0 Å². The summed E-state index contributed by atoms with van der Waals surface area (Å²) in [4.78, 5) is 0. The van der Waals surface area contributed by atoms with Gasteiger partial charge in [0.2, 0.25) is 0 Å². The van der Waals surface area contributed by atoms with Gasteiger partial charge in [-0.2, -0.15) is 0 Å². The van der Waals surface area contributed by atoms with Crippen LogP contribution < -0.4 is 5.32 Å². The SMILES string of the molecule is CC1(NC2CCc3cc(Br)ccc3C2)CCS(=O)(=O)C1. The molecule has 110 valence electrons. The molecule has 3 rings (SSSR count). The van der Waals surface area contributed by atoms with Crippen LogP contribution in [0.15, 0.2) is 22.7 Å². The highest BCUT2D eigenvalue weighted by molar-refractivity contribution is 9.10. The molecule has 0 aromatic heterocycles. The predicted octanol–water partition coefficient (Wildman–Crippen LogP) is 2.47. The Balaban J connectivity index is 1.71. The van der Waals surface area contributed by atoms with E-state index in [1.165, 1.54) is 11.1 Å². The summed E-state index contributed by atoms with van der Waals surface area (Å²) in [5.41, 5.74) is 2.57. The maximum Gasteiger partial charge on any atom is 0.152 e. The van der Waals surface area contributed by atoms with Gasteiger partial charge in [0.1, 0.15) is 0 Å². The monoisotopic (exact) mass is 357 g/mol. The summed E-state index contributed by atoms with van der Waals surface area (Å²) < 4.78 is 24.5. The topological polar surface area (TPSA) is 46.2 Å². The Hall–Kier alpha value is -0.390. The standard InChI is InChI=1S/C15H20BrNO2S/c1-15(6-7-20(18,19)10-15)17-14-5-3-11-8-13(16)4-2-12(11)9-14/h2,4,8,14,17H,3,5-7,9-10H2,1H3. The average Bonchev–Trinajstić information content (AvgIpc) is 2.63. The van der Waals surface area contributed by atoms with Gasteiger partial charge in [0, 0.05) is 16.1 Å². The highest BCUT2D eigenvalue weighted by Gasteiger charge is 2.39. The van der Waals surface area contributed by atoms with Crippen LogP contribution in [-0.4, -0.2) is 31.5 Å².